The van der Waals surface area contributed by atoms with Gasteiger partial charge in [-0.15, -0.1) is 0 Å². The molecule has 0 aliphatic carbocycles. The average Bonchev–Trinajstić information content (AvgIpc) is 2.46. The van der Waals surface area contributed by atoms with Crippen LogP contribution in [0.5, 0.6) is 0 Å². The third-order valence-corrected chi connectivity index (χ3v) is 2.92. The Morgan fingerprint density at radius 2 is 1.67 bits per heavy atom. The predicted molar refractivity (Wildman–Crippen MR) is 74.8 cm³/mol. The van der Waals surface area contributed by atoms with E-state index < -0.39 is 6.10 Å². The fraction of sp³-hybridized carbons (Fsp3) is 0.0714. The smallest absolute Gasteiger partial charge is 0.197 e. The molecule has 1 atom stereocenters. The van der Waals surface area contributed by atoms with Gasteiger partial charge in [0.25, 0.3) is 0 Å². The van der Waals surface area contributed by atoms with Crippen LogP contribution >= 0.6 is 12.8 Å². The first-order chi connectivity index (χ1) is 8.74. The van der Waals surface area contributed by atoms with E-state index in [1.165, 1.54) is 0 Å². The van der Waals surface area contributed by atoms with Crippen LogP contribution in [0.4, 0.5) is 5.69 Å². The molecule has 4 heteroatoms. The first-order valence-corrected chi connectivity index (χ1v) is 5.95. The number of anilines is 1. The third kappa shape index (κ3) is 2.55. The fourth-order valence-electron chi connectivity index (χ4n) is 1.73. The zero-order chi connectivity index (χ0) is 13.0. The number of aliphatic hydroxyl groups is 1. The number of hydrogen-bond donors (Lipinski definition) is 3. The molecule has 0 fully saturated rings. The molecule has 18 heavy (non-hydrogen) atoms. The van der Waals surface area contributed by atoms with E-state index in [-0.39, 0.29) is 5.78 Å². The molecule has 2 N–H and O–H groups in total. The number of thiol groups is 1. The van der Waals surface area contributed by atoms with Crippen LogP contribution in [0.15, 0.2) is 54.6 Å². The van der Waals surface area contributed by atoms with Crippen LogP contribution in [-0.2, 0) is 0 Å². The van der Waals surface area contributed by atoms with E-state index in [0.29, 0.717) is 16.8 Å². The second-order valence-corrected chi connectivity index (χ2v) is 4.06. The maximum absolute atomic E-state index is 12.2. The topological polar surface area (TPSA) is 49.3 Å². The highest BCUT2D eigenvalue weighted by Gasteiger charge is 2.20. The number of hydrogen-bond acceptors (Lipinski definition) is 4. The minimum atomic E-state index is -1.16. The van der Waals surface area contributed by atoms with Crippen molar-refractivity contribution in [2.24, 2.45) is 0 Å². The summed E-state index contributed by atoms with van der Waals surface area (Å²) in [4.78, 5) is 12.2. The van der Waals surface area contributed by atoms with E-state index >= 15 is 0 Å². The summed E-state index contributed by atoms with van der Waals surface area (Å²) in [7, 11) is 0. The van der Waals surface area contributed by atoms with E-state index in [1.807, 2.05) is 6.07 Å². The Morgan fingerprint density at radius 3 is 2.33 bits per heavy atom. The van der Waals surface area contributed by atoms with Gasteiger partial charge < -0.3 is 9.83 Å². The molecule has 2 aromatic rings. The number of rotatable bonds is 4. The number of Topliss-reactive ketones (excluding diaryl/α,β-unsaturated/α-hetero) is 1. The summed E-state index contributed by atoms with van der Waals surface area (Å²) in [6.07, 6.45) is -1.16. The van der Waals surface area contributed by atoms with Gasteiger partial charge in [0.2, 0.25) is 0 Å². The van der Waals surface area contributed by atoms with Gasteiger partial charge in [0.1, 0.15) is 6.10 Å². The van der Waals surface area contributed by atoms with Gasteiger partial charge in [0, 0.05) is 5.56 Å². The number of carbonyl (C=O) groups excluding carboxylic acids is 1. The minimum absolute atomic E-state index is 0.349. The number of benzene rings is 2. The van der Waals surface area contributed by atoms with Crippen LogP contribution in [0.1, 0.15) is 22.0 Å². The highest BCUT2D eigenvalue weighted by Crippen LogP contribution is 2.23. The normalized spacial score (nSPS) is 11.9. The molecular formula is C14H13NO2S. The van der Waals surface area contributed by atoms with Gasteiger partial charge in [0.05, 0.1) is 5.69 Å². The summed E-state index contributed by atoms with van der Waals surface area (Å²) in [5, 5.41) is 10.1. The molecule has 92 valence electrons. The van der Waals surface area contributed by atoms with Gasteiger partial charge in [-0.05, 0) is 17.7 Å². The molecule has 3 nitrogen and oxygen atoms in total. The number of para-hydroxylation sites is 1. The lowest BCUT2D eigenvalue weighted by Gasteiger charge is -2.12. The maximum Gasteiger partial charge on any atom is 0.197 e. The lowest BCUT2D eigenvalue weighted by atomic mass is 9.99. The van der Waals surface area contributed by atoms with Crippen LogP contribution in [0.3, 0.4) is 0 Å². The van der Waals surface area contributed by atoms with Gasteiger partial charge in [-0.1, -0.05) is 55.3 Å². The predicted octanol–water partition coefficient (Wildman–Crippen LogP) is 2.86. The molecule has 0 aromatic heterocycles. The molecule has 0 aliphatic rings. The largest absolute Gasteiger partial charge is 0.380 e. The summed E-state index contributed by atoms with van der Waals surface area (Å²) in [5.41, 5.74) is 1.58. The third-order valence-electron chi connectivity index (χ3n) is 2.68. The zero-order valence-corrected chi connectivity index (χ0v) is 10.5. The molecule has 0 heterocycles. The van der Waals surface area contributed by atoms with Crippen molar-refractivity contribution in [1.29, 1.82) is 0 Å². The molecule has 2 aromatic carbocycles. The van der Waals surface area contributed by atoms with Gasteiger partial charge in [-0.25, -0.2) is 0 Å². The molecule has 0 spiro atoms. The lowest BCUT2D eigenvalue weighted by molar-refractivity contribution is 0.0748. The molecule has 0 saturated carbocycles. The monoisotopic (exact) mass is 259 g/mol. The van der Waals surface area contributed by atoms with Crippen LogP contribution in [0.25, 0.3) is 0 Å². The molecule has 0 radical (unpaired) electrons. The minimum Gasteiger partial charge on any atom is -0.380 e. The SMILES string of the molecule is O=C(c1ccccc1NS)C(O)c1ccccc1. The summed E-state index contributed by atoms with van der Waals surface area (Å²) >= 11 is 3.95. The van der Waals surface area contributed by atoms with Gasteiger partial charge in [0.15, 0.2) is 5.78 Å². The molecule has 0 amide bonds. The van der Waals surface area contributed by atoms with Crippen molar-refractivity contribution < 1.29 is 9.90 Å². The van der Waals surface area contributed by atoms with Crippen LogP contribution in [0.2, 0.25) is 0 Å². The lowest BCUT2D eigenvalue weighted by Crippen LogP contribution is -2.13. The molecule has 0 bridgehead atoms. The maximum atomic E-state index is 12.2. The molecule has 0 saturated heterocycles. The number of carbonyl (C=O) groups is 1. The average molecular weight is 259 g/mol. The van der Waals surface area contributed by atoms with E-state index in [4.69, 9.17) is 0 Å². The van der Waals surface area contributed by atoms with Crippen LogP contribution in [-0.4, -0.2) is 10.9 Å². The van der Waals surface area contributed by atoms with E-state index in [1.54, 1.807) is 48.5 Å². The number of ketones is 1. The Morgan fingerprint density at radius 1 is 1.06 bits per heavy atom. The van der Waals surface area contributed by atoms with Crippen LogP contribution < -0.4 is 4.72 Å². The summed E-state index contributed by atoms with van der Waals surface area (Å²) in [6, 6.07) is 15.8. The van der Waals surface area contributed by atoms with Crippen molar-refractivity contribution in [2.75, 3.05) is 4.72 Å². The van der Waals surface area contributed by atoms with E-state index in [0.717, 1.165) is 0 Å². The molecule has 2 rings (SSSR count). The highest BCUT2D eigenvalue weighted by atomic mass is 32.1. The van der Waals surface area contributed by atoms with Gasteiger partial charge in [-0.2, -0.15) is 0 Å². The molecular weight excluding hydrogens is 246 g/mol. The van der Waals surface area contributed by atoms with Gasteiger partial charge in [-0.3, -0.25) is 4.79 Å². The Hall–Kier alpha value is -1.78. The number of nitrogens with one attached hydrogen (secondary N) is 1. The second-order valence-electron chi connectivity index (χ2n) is 3.83. The van der Waals surface area contributed by atoms with Crippen molar-refractivity contribution in [2.45, 2.75) is 6.10 Å². The van der Waals surface area contributed by atoms with Crippen LogP contribution in [0, 0.1) is 0 Å². The van der Waals surface area contributed by atoms with Crippen molar-refractivity contribution in [1.82, 2.24) is 0 Å². The van der Waals surface area contributed by atoms with Gasteiger partial charge >= 0.3 is 0 Å². The Bertz CT molecular complexity index is 543. The fourth-order valence-corrected chi connectivity index (χ4v) is 1.92. The molecule has 1 unspecified atom stereocenters. The Kier molecular flexibility index (Phi) is 4.02. The van der Waals surface area contributed by atoms with Crippen molar-refractivity contribution in [3.05, 3.63) is 65.7 Å². The first-order valence-electron chi connectivity index (χ1n) is 5.50. The highest BCUT2D eigenvalue weighted by molar-refractivity contribution is 7.81. The van der Waals surface area contributed by atoms with E-state index in [2.05, 4.69) is 17.5 Å². The summed E-state index contributed by atoms with van der Waals surface area (Å²) in [5.74, 6) is -0.349. The van der Waals surface area contributed by atoms with E-state index in [9.17, 15) is 9.90 Å². The quantitative estimate of drug-likeness (QED) is 0.584. The summed E-state index contributed by atoms with van der Waals surface area (Å²) < 4.78 is 2.65. The summed E-state index contributed by atoms with van der Waals surface area (Å²) in [6.45, 7) is 0. The first kappa shape index (κ1) is 12.7. The number of aliphatic hydroxyl groups excluding tert-OH is 1. The Balaban J connectivity index is 2.32. The van der Waals surface area contributed by atoms with Crippen molar-refractivity contribution in [3.8, 4) is 0 Å². The second kappa shape index (κ2) is 5.71. The van der Waals surface area contributed by atoms with Crippen molar-refractivity contribution >= 4 is 24.3 Å². The standard InChI is InChI=1S/C14H13NO2S/c16-13(10-6-2-1-3-7-10)14(17)11-8-4-5-9-12(11)15-18/h1-9,13,15-16,18H. The molecule has 0 aliphatic heterocycles. The van der Waals surface area contributed by atoms with Crippen molar-refractivity contribution in [3.63, 3.8) is 0 Å². The Labute approximate surface area is 111 Å². The zero-order valence-electron chi connectivity index (χ0n) is 9.58.